The maximum atomic E-state index is 9.42. The molecule has 2 N–H and O–H groups in total. The Labute approximate surface area is 97.2 Å². The smallest absolute Gasteiger partial charge is 0.0540 e. The first-order valence-corrected chi connectivity index (χ1v) is 7.49. The lowest BCUT2D eigenvalue weighted by molar-refractivity contribution is 0.107. The molecule has 1 heterocycles. The first kappa shape index (κ1) is 11.7. The van der Waals surface area contributed by atoms with E-state index in [0.717, 1.165) is 24.8 Å². The predicted octanol–water partition coefficient (Wildman–Crippen LogP) is 2.02. The van der Waals surface area contributed by atoms with Gasteiger partial charge in [0.2, 0.25) is 0 Å². The van der Waals surface area contributed by atoms with Gasteiger partial charge in [0.05, 0.1) is 6.10 Å². The van der Waals surface area contributed by atoms with E-state index in [9.17, 15) is 5.11 Å². The van der Waals surface area contributed by atoms with E-state index in [1.165, 1.54) is 43.7 Å². The van der Waals surface area contributed by atoms with Crippen molar-refractivity contribution in [2.45, 2.75) is 50.7 Å². The standard InChI is InChI=1S/C12H23NOS/c14-12-5-3-10(4-6-12)8-13-11-2-1-7-15-9-11/h10-14H,1-9H2. The number of rotatable bonds is 3. The summed E-state index contributed by atoms with van der Waals surface area (Å²) >= 11 is 2.09. The fourth-order valence-electron chi connectivity index (χ4n) is 2.58. The first-order valence-electron chi connectivity index (χ1n) is 6.34. The van der Waals surface area contributed by atoms with Gasteiger partial charge in [-0.1, -0.05) is 0 Å². The van der Waals surface area contributed by atoms with Crippen LogP contribution in [0, 0.1) is 5.92 Å². The zero-order valence-corrected chi connectivity index (χ0v) is 10.3. The Hall–Kier alpha value is 0.270. The van der Waals surface area contributed by atoms with E-state index in [0.29, 0.717) is 0 Å². The summed E-state index contributed by atoms with van der Waals surface area (Å²) in [5.74, 6) is 3.48. The van der Waals surface area contributed by atoms with Gasteiger partial charge in [0.15, 0.2) is 0 Å². The highest BCUT2D eigenvalue weighted by Crippen LogP contribution is 2.24. The van der Waals surface area contributed by atoms with Crippen molar-refractivity contribution >= 4 is 11.8 Å². The van der Waals surface area contributed by atoms with Gasteiger partial charge >= 0.3 is 0 Å². The summed E-state index contributed by atoms with van der Waals surface area (Å²) in [6.07, 6.45) is 7.21. The van der Waals surface area contributed by atoms with E-state index in [1.54, 1.807) is 0 Å². The minimum atomic E-state index is -0.00788. The third-order valence-corrected chi connectivity index (χ3v) is 4.89. The number of aliphatic hydroxyl groups is 1. The van der Waals surface area contributed by atoms with Crippen molar-refractivity contribution in [2.24, 2.45) is 5.92 Å². The van der Waals surface area contributed by atoms with Gasteiger partial charge in [-0.05, 0) is 56.7 Å². The Kier molecular flexibility index (Phi) is 4.79. The van der Waals surface area contributed by atoms with Gasteiger partial charge in [-0.3, -0.25) is 0 Å². The molecule has 0 aromatic carbocycles. The maximum absolute atomic E-state index is 9.42. The molecular weight excluding hydrogens is 206 g/mol. The summed E-state index contributed by atoms with van der Waals surface area (Å²) in [7, 11) is 0. The minimum absolute atomic E-state index is 0.00788. The lowest BCUT2D eigenvalue weighted by atomic mass is 9.87. The van der Waals surface area contributed by atoms with Crippen LogP contribution in [-0.2, 0) is 0 Å². The number of nitrogens with one attached hydrogen (secondary N) is 1. The van der Waals surface area contributed by atoms with Crippen molar-refractivity contribution in [3.8, 4) is 0 Å². The van der Waals surface area contributed by atoms with Gasteiger partial charge in [-0.25, -0.2) is 0 Å². The Bertz CT molecular complexity index is 174. The minimum Gasteiger partial charge on any atom is -0.393 e. The highest BCUT2D eigenvalue weighted by molar-refractivity contribution is 7.99. The van der Waals surface area contributed by atoms with E-state index in [2.05, 4.69) is 17.1 Å². The van der Waals surface area contributed by atoms with Gasteiger partial charge in [0.1, 0.15) is 0 Å². The summed E-state index contributed by atoms with van der Waals surface area (Å²) in [4.78, 5) is 0. The molecule has 1 aliphatic heterocycles. The third kappa shape index (κ3) is 3.97. The Morgan fingerprint density at radius 2 is 1.93 bits per heavy atom. The molecule has 3 heteroatoms. The lowest BCUT2D eigenvalue weighted by Gasteiger charge is -2.29. The fraction of sp³-hybridized carbons (Fsp3) is 1.00. The monoisotopic (exact) mass is 229 g/mol. The highest BCUT2D eigenvalue weighted by Gasteiger charge is 2.20. The van der Waals surface area contributed by atoms with Crippen LogP contribution >= 0.6 is 11.8 Å². The van der Waals surface area contributed by atoms with E-state index in [-0.39, 0.29) is 6.10 Å². The quantitative estimate of drug-likeness (QED) is 0.776. The molecule has 0 aromatic rings. The number of aliphatic hydroxyl groups excluding tert-OH is 1. The molecule has 2 fully saturated rings. The summed E-state index contributed by atoms with van der Waals surface area (Å²) in [5.41, 5.74) is 0. The zero-order valence-electron chi connectivity index (χ0n) is 9.45. The number of hydrogen-bond acceptors (Lipinski definition) is 3. The van der Waals surface area contributed by atoms with Crippen LogP contribution in [0.2, 0.25) is 0 Å². The van der Waals surface area contributed by atoms with Crippen LogP contribution in [0.5, 0.6) is 0 Å². The molecule has 1 saturated carbocycles. The van der Waals surface area contributed by atoms with Gasteiger partial charge in [-0.2, -0.15) is 11.8 Å². The molecule has 15 heavy (non-hydrogen) atoms. The van der Waals surface area contributed by atoms with Gasteiger partial charge in [-0.15, -0.1) is 0 Å². The van der Waals surface area contributed by atoms with Crippen LogP contribution < -0.4 is 5.32 Å². The van der Waals surface area contributed by atoms with Crippen molar-refractivity contribution in [3.05, 3.63) is 0 Å². The molecule has 0 radical (unpaired) electrons. The Balaban J connectivity index is 1.60. The molecule has 0 amide bonds. The molecule has 2 rings (SSSR count). The van der Waals surface area contributed by atoms with Crippen molar-refractivity contribution in [1.82, 2.24) is 5.32 Å². The average molecular weight is 229 g/mol. The van der Waals surface area contributed by atoms with Crippen molar-refractivity contribution in [1.29, 1.82) is 0 Å². The van der Waals surface area contributed by atoms with Gasteiger partial charge < -0.3 is 10.4 Å². The van der Waals surface area contributed by atoms with Crippen molar-refractivity contribution in [3.63, 3.8) is 0 Å². The molecule has 2 aliphatic rings. The normalized spacial score (nSPS) is 37.8. The molecule has 1 unspecified atom stereocenters. The summed E-state index contributed by atoms with van der Waals surface area (Å²) in [6.45, 7) is 1.18. The third-order valence-electron chi connectivity index (χ3n) is 3.67. The number of hydrogen-bond donors (Lipinski definition) is 2. The molecule has 1 aliphatic carbocycles. The van der Waals surface area contributed by atoms with Crippen LogP contribution in [0.1, 0.15) is 38.5 Å². The summed E-state index contributed by atoms with van der Waals surface area (Å²) < 4.78 is 0. The molecule has 88 valence electrons. The second kappa shape index (κ2) is 6.12. The molecule has 1 saturated heterocycles. The van der Waals surface area contributed by atoms with Gasteiger partial charge in [0.25, 0.3) is 0 Å². The van der Waals surface area contributed by atoms with Crippen LogP contribution in [0.25, 0.3) is 0 Å². The van der Waals surface area contributed by atoms with Crippen molar-refractivity contribution in [2.75, 3.05) is 18.1 Å². The molecule has 1 atom stereocenters. The van der Waals surface area contributed by atoms with E-state index < -0.39 is 0 Å². The zero-order chi connectivity index (χ0) is 10.5. The Morgan fingerprint density at radius 3 is 2.60 bits per heavy atom. The van der Waals surface area contributed by atoms with E-state index in [4.69, 9.17) is 0 Å². The second-order valence-corrected chi connectivity index (χ2v) is 6.15. The van der Waals surface area contributed by atoms with E-state index in [1.807, 2.05) is 0 Å². The fourth-order valence-corrected chi connectivity index (χ4v) is 3.69. The maximum Gasteiger partial charge on any atom is 0.0540 e. The first-order chi connectivity index (χ1) is 7.34. The number of thioether (sulfide) groups is 1. The Morgan fingerprint density at radius 1 is 1.13 bits per heavy atom. The summed E-state index contributed by atoms with van der Waals surface area (Å²) in [6, 6.07) is 0.760. The molecule has 2 nitrogen and oxygen atoms in total. The van der Waals surface area contributed by atoms with Crippen LogP contribution in [-0.4, -0.2) is 35.3 Å². The van der Waals surface area contributed by atoms with E-state index >= 15 is 0 Å². The SMILES string of the molecule is OC1CCC(CNC2CCCSC2)CC1. The predicted molar refractivity (Wildman–Crippen MR) is 66.3 cm³/mol. The highest BCUT2D eigenvalue weighted by atomic mass is 32.2. The van der Waals surface area contributed by atoms with Crippen molar-refractivity contribution < 1.29 is 5.11 Å². The second-order valence-electron chi connectivity index (χ2n) is 5.00. The molecule has 0 bridgehead atoms. The topological polar surface area (TPSA) is 32.3 Å². The molecule has 0 spiro atoms. The average Bonchev–Trinajstić information content (AvgIpc) is 2.30. The van der Waals surface area contributed by atoms with Crippen LogP contribution in [0.4, 0.5) is 0 Å². The van der Waals surface area contributed by atoms with Gasteiger partial charge in [0, 0.05) is 11.8 Å². The molecule has 0 aromatic heterocycles. The largest absolute Gasteiger partial charge is 0.393 e. The molecular formula is C12H23NOS. The van der Waals surface area contributed by atoms with Crippen LogP contribution in [0.3, 0.4) is 0 Å². The lowest BCUT2D eigenvalue weighted by Crippen LogP contribution is -2.38. The van der Waals surface area contributed by atoms with Crippen LogP contribution in [0.15, 0.2) is 0 Å². The summed E-state index contributed by atoms with van der Waals surface area (Å²) in [5, 5.41) is 13.1.